The van der Waals surface area contributed by atoms with E-state index in [1.807, 2.05) is 0 Å². The number of hydrogen-bond donors (Lipinski definition) is 1. The van der Waals surface area contributed by atoms with E-state index in [1.165, 1.54) is 12.8 Å². The van der Waals surface area contributed by atoms with Crippen LogP contribution in [0.5, 0.6) is 0 Å². The Morgan fingerprint density at radius 1 is 1.47 bits per heavy atom. The number of rotatable bonds is 4. The van der Waals surface area contributed by atoms with E-state index in [0.717, 1.165) is 18.9 Å². The van der Waals surface area contributed by atoms with Crippen molar-refractivity contribution in [3.63, 3.8) is 0 Å². The molecule has 1 rings (SSSR count). The smallest absolute Gasteiger partial charge is 0.328 e. The Morgan fingerprint density at radius 2 is 2.07 bits per heavy atom. The van der Waals surface area contributed by atoms with Crippen molar-refractivity contribution in [2.45, 2.75) is 45.6 Å². The molecule has 0 aromatic carbocycles. The lowest BCUT2D eigenvalue weighted by Gasteiger charge is -2.33. The highest BCUT2D eigenvalue weighted by Gasteiger charge is 2.26. The van der Waals surface area contributed by atoms with Gasteiger partial charge in [-0.3, -0.25) is 0 Å². The number of carbonyl (C=O) groups is 1. The second-order valence-electron chi connectivity index (χ2n) is 4.94. The minimum atomic E-state index is -0.914. The van der Waals surface area contributed by atoms with Crippen LogP contribution in [0.2, 0.25) is 0 Å². The van der Waals surface area contributed by atoms with Crippen molar-refractivity contribution < 1.29 is 14.6 Å². The zero-order chi connectivity index (χ0) is 11.3. The Morgan fingerprint density at radius 3 is 2.60 bits per heavy atom. The molecule has 0 radical (unpaired) electrons. The summed E-state index contributed by atoms with van der Waals surface area (Å²) in [6.07, 6.45) is 7.58. The Hall–Kier alpha value is -0.830. The minimum Gasteiger partial charge on any atom is -0.478 e. The van der Waals surface area contributed by atoms with Crippen LogP contribution in [0.3, 0.4) is 0 Å². The Balaban J connectivity index is 2.16. The van der Waals surface area contributed by atoms with Crippen LogP contribution in [0.15, 0.2) is 12.2 Å². The quantitative estimate of drug-likeness (QED) is 0.729. The molecule has 0 heterocycles. The van der Waals surface area contributed by atoms with Gasteiger partial charge in [-0.05, 0) is 31.1 Å². The van der Waals surface area contributed by atoms with E-state index in [1.54, 1.807) is 6.08 Å². The molecule has 1 fully saturated rings. The van der Waals surface area contributed by atoms with Crippen molar-refractivity contribution in [1.29, 1.82) is 0 Å². The van der Waals surface area contributed by atoms with Gasteiger partial charge in [-0.25, -0.2) is 4.79 Å². The highest BCUT2D eigenvalue weighted by molar-refractivity contribution is 5.79. The fourth-order valence-corrected chi connectivity index (χ4v) is 1.88. The van der Waals surface area contributed by atoms with Crippen molar-refractivity contribution in [2.24, 2.45) is 5.41 Å². The summed E-state index contributed by atoms with van der Waals surface area (Å²) in [5, 5.41) is 8.38. The molecular weight excluding hydrogens is 192 g/mol. The van der Waals surface area contributed by atoms with Gasteiger partial charge in [0.1, 0.15) is 0 Å². The average Bonchev–Trinajstić information content (AvgIpc) is 2.14. The molecule has 0 aromatic heterocycles. The van der Waals surface area contributed by atoms with Crippen LogP contribution in [0.1, 0.15) is 39.5 Å². The highest BCUT2D eigenvalue weighted by Crippen LogP contribution is 2.35. The summed E-state index contributed by atoms with van der Waals surface area (Å²) in [6.45, 7) is 4.98. The molecule has 86 valence electrons. The molecule has 3 nitrogen and oxygen atoms in total. The molecule has 0 aliphatic heterocycles. The van der Waals surface area contributed by atoms with Crippen molar-refractivity contribution in [3.8, 4) is 0 Å². The van der Waals surface area contributed by atoms with Crippen molar-refractivity contribution >= 4 is 5.97 Å². The number of ether oxygens (including phenoxy) is 1. The fourth-order valence-electron chi connectivity index (χ4n) is 1.88. The van der Waals surface area contributed by atoms with E-state index in [9.17, 15) is 4.79 Å². The van der Waals surface area contributed by atoms with Crippen LogP contribution in [0.4, 0.5) is 0 Å². The number of aliphatic carboxylic acids is 1. The number of carboxylic acid groups (broad SMARTS) is 1. The van der Waals surface area contributed by atoms with Gasteiger partial charge in [0, 0.05) is 6.08 Å². The van der Waals surface area contributed by atoms with E-state index in [0.29, 0.717) is 18.1 Å². The molecule has 0 unspecified atom stereocenters. The van der Waals surface area contributed by atoms with Gasteiger partial charge in [0.25, 0.3) is 0 Å². The standard InChI is InChI=1S/C12H20O3/c1-12(2)7-5-10(6-8-12)15-9-3-4-11(13)14/h3-4,10H,5-9H2,1-2H3,(H,13,14)/b4-3+. The number of carboxylic acids is 1. The monoisotopic (exact) mass is 212 g/mol. The molecule has 1 N–H and O–H groups in total. The summed E-state index contributed by atoms with van der Waals surface area (Å²) in [4.78, 5) is 10.2. The van der Waals surface area contributed by atoms with Gasteiger partial charge in [0.15, 0.2) is 0 Å². The first kappa shape index (κ1) is 12.2. The Labute approximate surface area is 91.1 Å². The fraction of sp³-hybridized carbons (Fsp3) is 0.750. The summed E-state index contributed by atoms with van der Waals surface area (Å²) in [6, 6.07) is 0. The first-order valence-corrected chi connectivity index (χ1v) is 5.51. The molecular formula is C12H20O3. The third kappa shape index (κ3) is 4.98. The van der Waals surface area contributed by atoms with Crippen molar-refractivity contribution in [2.75, 3.05) is 6.61 Å². The van der Waals surface area contributed by atoms with Crippen LogP contribution in [0.25, 0.3) is 0 Å². The lowest BCUT2D eigenvalue weighted by molar-refractivity contribution is -0.131. The zero-order valence-electron chi connectivity index (χ0n) is 9.53. The molecule has 1 aliphatic carbocycles. The third-order valence-corrected chi connectivity index (χ3v) is 2.97. The van der Waals surface area contributed by atoms with E-state index in [2.05, 4.69) is 13.8 Å². The van der Waals surface area contributed by atoms with Gasteiger partial charge < -0.3 is 9.84 Å². The van der Waals surface area contributed by atoms with Gasteiger partial charge in [-0.15, -0.1) is 0 Å². The van der Waals surface area contributed by atoms with Gasteiger partial charge in [-0.1, -0.05) is 19.9 Å². The molecule has 1 aliphatic rings. The molecule has 1 saturated carbocycles. The van der Waals surface area contributed by atoms with Crippen molar-refractivity contribution in [3.05, 3.63) is 12.2 Å². The van der Waals surface area contributed by atoms with Crippen LogP contribution in [0, 0.1) is 5.41 Å². The summed E-state index contributed by atoms with van der Waals surface area (Å²) in [5.41, 5.74) is 0.455. The van der Waals surface area contributed by atoms with E-state index in [-0.39, 0.29) is 0 Å². The number of hydrogen-bond acceptors (Lipinski definition) is 2. The second-order valence-corrected chi connectivity index (χ2v) is 4.94. The predicted molar refractivity (Wildman–Crippen MR) is 58.8 cm³/mol. The molecule has 0 saturated heterocycles. The van der Waals surface area contributed by atoms with Crippen LogP contribution in [-0.4, -0.2) is 23.8 Å². The summed E-state index contributed by atoms with van der Waals surface area (Å²) in [5.74, 6) is -0.914. The maximum absolute atomic E-state index is 10.2. The first-order valence-electron chi connectivity index (χ1n) is 5.51. The van der Waals surface area contributed by atoms with Crippen LogP contribution in [-0.2, 0) is 9.53 Å². The molecule has 0 bridgehead atoms. The normalized spacial score (nSPS) is 22.0. The molecule has 15 heavy (non-hydrogen) atoms. The summed E-state index contributed by atoms with van der Waals surface area (Å²) < 4.78 is 5.58. The lowest BCUT2D eigenvalue weighted by Crippen LogP contribution is -2.26. The van der Waals surface area contributed by atoms with Gasteiger partial charge in [-0.2, -0.15) is 0 Å². The van der Waals surface area contributed by atoms with E-state index < -0.39 is 5.97 Å². The van der Waals surface area contributed by atoms with Gasteiger partial charge in [0.2, 0.25) is 0 Å². The molecule has 0 atom stereocenters. The van der Waals surface area contributed by atoms with Crippen LogP contribution < -0.4 is 0 Å². The van der Waals surface area contributed by atoms with Gasteiger partial charge >= 0.3 is 5.97 Å². The van der Waals surface area contributed by atoms with E-state index in [4.69, 9.17) is 9.84 Å². The largest absolute Gasteiger partial charge is 0.478 e. The molecule has 3 heteroatoms. The average molecular weight is 212 g/mol. The Bertz CT molecular complexity index is 233. The second kappa shape index (κ2) is 5.31. The third-order valence-electron chi connectivity index (χ3n) is 2.97. The SMILES string of the molecule is CC1(C)CCC(OC/C=C/C(=O)O)CC1. The minimum absolute atomic E-state index is 0.316. The highest BCUT2D eigenvalue weighted by atomic mass is 16.5. The first-order chi connectivity index (χ1) is 6.99. The maximum atomic E-state index is 10.2. The lowest BCUT2D eigenvalue weighted by atomic mass is 9.76. The summed E-state index contributed by atoms with van der Waals surface area (Å²) in [7, 11) is 0. The molecule has 0 aromatic rings. The van der Waals surface area contributed by atoms with Gasteiger partial charge in [0.05, 0.1) is 12.7 Å². The van der Waals surface area contributed by atoms with Crippen molar-refractivity contribution in [1.82, 2.24) is 0 Å². The van der Waals surface area contributed by atoms with Crippen LogP contribution >= 0.6 is 0 Å². The maximum Gasteiger partial charge on any atom is 0.328 e. The summed E-state index contributed by atoms with van der Waals surface area (Å²) >= 11 is 0. The predicted octanol–water partition coefficient (Wildman–Crippen LogP) is 2.61. The zero-order valence-corrected chi connectivity index (χ0v) is 9.53. The molecule has 0 amide bonds. The Kier molecular flexibility index (Phi) is 4.33. The van der Waals surface area contributed by atoms with E-state index >= 15 is 0 Å². The molecule has 0 spiro atoms. The topological polar surface area (TPSA) is 46.5 Å².